The maximum absolute atomic E-state index is 12.8. The first-order chi connectivity index (χ1) is 11.0. The van der Waals surface area contributed by atoms with Crippen LogP contribution >= 0.6 is 11.9 Å². The van der Waals surface area contributed by atoms with E-state index in [-0.39, 0.29) is 10.6 Å². The molecule has 1 aromatic carbocycles. The van der Waals surface area contributed by atoms with Gasteiger partial charge in [-0.1, -0.05) is 0 Å². The third-order valence-corrected chi connectivity index (χ3v) is 4.78. The topological polar surface area (TPSA) is 70.4 Å². The summed E-state index contributed by atoms with van der Waals surface area (Å²) in [5.41, 5.74) is 0.138. The monoisotopic (exact) mass is 342 g/mol. The molecule has 0 amide bonds. The second-order valence-electron chi connectivity index (χ2n) is 6.14. The van der Waals surface area contributed by atoms with Gasteiger partial charge in [-0.3, -0.25) is 14.8 Å². The van der Waals surface area contributed by atoms with E-state index in [2.05, 4.69) is 14.9 Å². The van der Waals surface area contributed by atoms with Crippen LogP contribution in [0.4, 0.5) is 15.8 Å². The maximum atomic E-state index is 12.8. The van der Waals surface area contributed by atoms with Gasteiger partial charge in [0.1, 0.15) is 12.4 Å². The Morgan fingerprint density at radius 3 is 2.74 bits per heavy atom. The number of benzene rings is 1. The minimum Gasteiger partial charge on any atom is -0.379 e. The van der Waals surface area contributed by atoms with Crippen LogP contribution in [0, 0.1) is 10.1 Å². The molecule has 6 nitrogen and oxygen atoms in total. The normalized spacial score (nSPS) is 15.7. The molecule has 0 radical (unpaired) electrons. The highest BCUT2D eigenvalue weighted by molar-refractivity contribution is 7.97. The first-order valence-electron chi connectivity index (χ1n) is 7.63. The van der Waals surface area contributed by atoms with Gasteiger partial charge < -0.3 is 10.2 Å². The second-order valence-corrected chi connectivity index (χ2v) is 7.02. The fourth-order valence-electron chi connectivity index (χ4n) is 2.07. The van der Waals surface area contributed by atoms with Crippen molar-refractivity contribution in [3.8, 4) is 0 Å². The Labute approximate surface area is 140 Å². The summed E-state index contributed by atoms with van der Waals surface area (Å²) in [5.74, 6) is 0. The molecule has 128 valence electrons. The standard InChI is InChI=1S/C15H23FN4O2S/c1-19(2)9-3-8-17-13-5-4-12(10-14(13)20(21)22)23-18-15(11-16)6-7-15/h4-5,10,17-18H,3,6-9,11H2,1-2H3. The molecule has 0 atom stereocenters. The average molecular weight is 342 g/mol. The lowest BCUT2D eigenvalue weighted by atomic mass is 10.2. The molecular weight excluding hydrogens is 319 g/mol. The van der Waals surface area contributed by atoms with Crippen LogP contribution in [0.15, 0.2) is 23.1 Å². The van der Waals surface area contributed by atoms with Crippen molar-refractivity contribution in [3.63, 3.8) is 0 Å². The quantitative estimate of drug-likeness (QED) is 0.295. The van der Waals surface area contributed by atoms with Crippen LogP contribution < -0.4 is 10.0 Å². The van der Waals surface area contributed by atoms with Crippen LogP contribution in [0.1, 0.15) is 19.3 Å². The Kier molecular flexibility index (Phi) is 6.20. The van der Waals surface area contributed by atoms with E-state index in [0.29, 0.717) is 12.2 Å². The summed E-state index contributed by atoms with van der Waals surface area (Å²) < 4.78 is 15.9. The molecule has 1 fully saturated rings. The summed E-state index contributed by atoms with van der Waals surface area (Å²) in [5, 5.41) is 14.4. The molecule has 1 aliphatic carbocycles. The van der Waals surface area contributed by atoms with E-state index in [1.807, 2.05) is 20.2 Å². The van der Waals surface area contributed by atoms with Crippen LogP contribution in [-0.4, -0.2) is 49.2 Å². The van der Waals surface area contributed by atoms with Crippen molar-refractivity contribution in [1.29, 1.82) is 0 Å². The lowest BCUT2D eigenvalue weighted by Crippen LogP contribution is -2.27. The van der Waals surface area contributed by atoms with Crippen LogP contribution in [-0.2, 0) is 0 Å². The Balaban J connectivity index is 1.95. The molecule has 1 aliphatic rings. The van der Waals surface area contributed by atoms with Gasteiger partial charge in [-0.2, -0.15) is 0 Å². The fourth-order valence-corrected chi connectivity index (χ4v) is 2.97. The van der Waals surface area contributed by atoms with Gasteiger partial charge in [0.25, 0.3) is 5.69 Å². The van der Waals surface area contributed by atoms with Crippen molar-refractivity contribution in [2.45, 2.75) is 29.7 Å². The molecule has 1 aromatic rings. The van der Waals surface area contributed by atoms with Crippen LogP contribution in [0.25, 0.3) is 0 Å². The zero-order valence-electron chi connectivity index (χ0n) is 13.5. The maximum Gasteiger partial charge on any atom is 0.293 e. The number of hydrogen-bond donors (Lipinski definition) is 2. The van der Waals surface area contributed by atoms with Crippen LogP contribution in [0.5, 0.6) is 0 Å². The Hall–Kier alpha value is -1.38. The number of nitrogens with one attached hydrogen (secondary N) is 2. The number of anilines is 1. The third kappa shape index (κ3) is 5.33. The van der Waals surface area contributed by atoms with E-state index in [9.17, 15) is 14.5 Å². The van der Waals surface area contributed by atoms with Crippen LogP contribution in [0.2, 0.25) is 0 Å². The SMILES string of the molecule is CN(C)CCCNc1ccc(SNC2(CF)CC2)cc1[N+](=O)[O-]. The zero-order valence-corrected chi connectivity index (χ0v) is 14.3. The minimum absolute atomic E-state index is 0.0479. The molecule has 0 aliphatic heterocycles. The molecule has 2 N–H and O–H groups in total. The lowest BCUT2D eigenvalue weighted by Gasteiger charge is -2.13. The lowest BCUT2D eigenvalue weighted by molar-refractivity contribution is -0.384. The first-order valence-corrected chi connectivity index (χ1v) is 8.44. The van der Waals surface area contributed by atoms with Crippen molar-refractivity contribution in [1.82, 2.24) is 9.62 Å². The minimum atomic E-state index is -0.428. The van der Waals surface area contributed by atoms with Gasteiger partial charge in [0.05, 0.1) is 10.5 Å². The number of nitrogens with zero attached hydrogens (tertiary/aromatic N) is 2. The van der Waals surface area contributed by atoms with Gasteiger partial charge in [-0.25, -0.2) is 4.39 Å². The summed E-state index contributed by atoms with van der Waals surface area (Å²) in [6.45, 7) is 1.19. The van der Waals surface area contributed by atoms with Crippen molar-refractivity contribution in [3.05, 3.63) is 28.3 Å². The number of nitro benzene ring substituents is 1. The highest BCUT2D eigenvalue weighted by atomic mass is 32.2. The van der Waals surface area contributed by atoms with Gasteiger partial charge in [0, 0.05) is 17.5 Å². The molecule has 8 heteroatoms. The number of halogens is 1. The Morgan fingerprint density at radius 2 is 2.17 bits per heavy atom. The molecule has 0 aromatic heterocycles. The highest BCUT2D eigenvalue weighted by Gasteiger charge is 2.42. The predicted octanol–water partition coefficient (Wildman–Crippen LogP) is 3.06. The molecular formula is C15H23FN4O2S. The van der Waals surface area contributed by atoms with Crippen molar-refractivity contribution >= 4 is 23.3 Å². The van der Waals surface area contributed by atoms with E-state index in [1.165, 1.54) is 18.0 Å². The summed E-state index contributed by atoms with van der Waals surface area (Å²) in [6.07, 6.45) is 2.52. The zero-order chi connectivity index (χ0) is 16.9. The highest BCUT2D eigenvalue weighted by Crippen LogP contribution is 2.39. The van der Waals surface area contributed by atoms with E-state index >= 15 is 0 Å². The van der Waals surface area contributed by atoms with E-state index in [0.717, 1.165) is 30.7 Å². The van der Waals surface area contributed by atoms with E-state index in [4.69, 9.17) is 0 Å². The summed E-state index contributed by atoms with van der Waals surface area (Å²) >= 11 is 1.26. The van der Waals surface area contributed by atoms with Gasteiger partial charge in [-0.15, -0.1) is 0 Å². The van der Waals surface area contributed by atoms with Gasteiger partial charge in [0.15, 0.2) is 0 Å². The number of nitro groups is 1. The summed E-state index contributed by atoms with van der Waals surface area (Å²) in [4.78, 5) is 13.7. The van der Waals surface area contributed by atoms with Crippen LogP contribution in [0.3, 0.4) is 0 Å². The van der Waals surface area contributed by atoms with Gasteiger partial charge in [0.2, 0.25) is 0 Å². The van der Waals surface area contributed by atoms with Gasteiger partial charge >= 0.3 is 0 Å². The molecule has 2 rings (SSSR count). The number of rotatable bonds is 10. The average Bonchev–Trinajstić information content (AvgIpc) is 3.30. The molecule has 0 heterocycles. The molecule has 0 saturated heterocycles. The van der Waals surface area contributed by atoms with Crippen molar-refractivity contribution in [2.24, 2.45) is 0 Å². The van der Waals surface area contributed by atoms with Gasteiger partial charge in [-0.05, 0) is 64.0 Å². The Morgan fingerprint density at radius 1 is 1.43 bits per heavy atom. The second kappa shape index (κ2) is 7.94. The first kappa shape index (κ1) is 18.0. The summed E-state index contributed by atoms with van der Waals surface area (Å²) in [7, 11) is 3.98. The third-order valence-electron chi connectivity index (χ3n) is 3.76. The van der Waals surface area contributed by atoms with Crippen molar-refractivity contribution < 1.29 is 9.31 Å². The predicted molar refractivity (Wildman–Crippen MR) is 91.7 cm³/mol. The smallest absolute Gasteiger partial charge is 0.293 e. The molecule has 0 unspecified atom stereocenters. The molecule has 0 bridgehead atoms. The number of hydrogen-bond acceptors (Lipinski definition) is 6. The largest absolute Gasteiger partial charge is 0.379 e. The molecule has 0 spiro atoms. The van der Waals surface area contributed by atoms with E-state index in [1.54, 1.807) is 6.07 Å². The summed E-state index contributed by atoms with van der Waals surface area (Å²) in [6, 6.07) is 5.06. The van der Waals surface area contributed by atoms with Crippen molar-refractivity contribution in [2.75, 3.05) is 39.2 Å². The fraction of sp³-hybridized carbons (Fsp3) is 0.600. The number of alkyl halides is 1. The molecule has 1 saturated carbocycles. The Bertz CT molecular complexity index is 552. The molecule has 23 heavy (non-hydrogen) atoms. The van der Waals surface area contributed by atoms with E-state index < -0.39 is 12.2 Å².